The second kappa shape index (κ2) is 5.45. The Bertz CT molecular complexity index is 360. The van der Waals surface area contributed by atoms with Crippen LogP contribution in [0.5, 0.6) is 0 Å². The molecular weight excluding hydrogens is 222 g/mol. The predicted molar refractivity (Wildman–Crippen MR) is 72.8 cm³/mol. The Morgan fingerprint density at radius 2 is 2.06 bits per heavy atom. The highest BCUT2D eigenvalue weighted by Crippen LogP contribution is 2.44. The number of aliphatic hydroxyl groups excluding tert-OH is 1. The van der Waals surface area contributed by atoms with Crippen LogP contribution in [0.15, 0.2) is 11.6 Å². The predicted octanol–water partition coefficient (Wildman–Crippen LogP) is 3.81. The van der Waals surface area contributed by atoms with E-state index in [1.807, 2.05) is 0 Å². The molecule has 0 bridgehead atoms. The summed E-state index contributed by atoms with van der Waals surface area (Å²) >= 11 is 0. The molecule has 3 atom stereocenters. The van der Waals surface area contributed by atoms with Crippen molar-refractivity contribution in [1.29, 1.82) is 5.26 Å². The second-order valence-electron chi connectivity index (χ2n) is 6.46. The van der Waals surface area contributed by atoms with Gasteiger partial charge in [0.25, 0.3) is 0 Å². The zero-order valence-electron chi connectivity index (χ0n) is 11.7. The fourth-order valence-electron chi connectivity index (χ4n) is 3.94. The summed E-state index contributed by atoms with van der Waals surface area (Å²) in [4.78, 5) is 0. The van der Waals surface area contributed by atoms with Crippen molar-refractivity contribution in [3.05, 3.63) is 11.6 Å². The number of nitrogens with zero attached hydrogens (tertiary/aromatic N) is 1. The molecule has 1 N–H and O–H groups in total. The first kappa shape index (κ1) is 13.6. The minimum Gasteiger partial charge on any atom is -0.391 e. The van der Waals surface area contributed by atoms with Gasteiger partial charge in [0.2, 0.25) is 0 Å². The first-order valence-electron chi connectivity index (χ1n) is 7.34. The third-order valence-electron chi connectivity index (χ3n) is 4.81. The second-order valence-corrected chi connectivity index (χ2v) is 6.46. The number of hydrogen-bond donors (Lipinski definition) is 1. The average Bonchev–Trinajstić information content (AvgIpc) is 2.37. The van der Waals surface area contributed by atoms with Crippen molar-refractivity contribution in [2.75, 3.05) is 0 Å². The highest BCUT2D eigenvalue weighted by molar-refractivity contribution is 5.12. The molecule has 2 aliphatic rings. The molecule has 0 aromatic carbocycles. The molecule has 2 rings (SSSR count). The Morgan fingerprint density at radius 3 is 2.61 bits per heavy atom. The lowest BCUT2D eigenvalue weighted by atomic mass is 9.65. The molecule has 2 aliphatic carbocycles. The molecule has 2 nitrogen and oxygen atoms in total. The number of allylic oxidation sites excluding steroid dienone is 2. The van der Waals surface area contributed by atoms with Crippen molar-refractivity contribution < 1.29 is 5.11 Å². The quantitative estimate of drug-likeness (QED) is 0.754. The SMILES string of the molecule is CC1=CC(C)CC(C(O)C2(C#N)CCCCC2)C1. The van der Waals surface area contributed by atoms with Crippen LogP contribution in [0.2, 0.25) is 0 Å². The van der Waals surface area contributed by atoms with E-state index in [0.717, 1.165) is 38.5 Å². The first-order valence-corrected chi connectivity index (χ1v) is 7.34. The molecule has 0 aromatic heterocycles. The standard InChI is InChI=1S/C16H25NO/c1-12-8-13(2)10-14(9-12)15(18)16(11-17)6-4-3-5-7-16/h8,12,14-15,18H,3-7,9-10H2,1-2H3. The average molecular weight is 247 g/mol. The van der Waals surface area contributed by atoms with E-state index >= 15 is 0 Å². The van der Waals surface area contributed by atoms with Crippen molar-refractivity contribution in [3.63, 3.8) is 0 Å². The van der Waals surface area contributed by atoms with Gasteiger partial charge in [-0.1, -0.05) is 37.8 Å². The summed E-state index contributed by atoms with van der Waals surface area (Å²) in [6.07, 6.45) is 9.06. The van der Waals surface area contributed by atoms with Crippen molar-refractivity contribution in [1.82, 2.24) is 0 Å². The fourth-order valence-corrected chi connectivity index (χ4v) is 3.94. The molecule has 18 heavy (non-hydrogen) atoms. The lowest BCUT2D eigenvalue weighted by Crippen LogP contribution is -2.42. The maximum Gasteiger partial charge on any atom is 0.0835 e. The summed E-state index contributed by atoms with van der Waals surface area (Å²) in [6, 6.07) is 2.47. The summed E-state index contributed by atoms with van der Waals surface area (Å²) in [7, 11) is 0. The van der Waals surface area contributed by atoms with Crippen LogP contribution < -0.4 is 0 Å². The Morgan fingerprint density at radius 1 is 1.39 bits per heavy atom. The number of hydrogen-bond acceptors (Lipinski definition) is 2. The van der Waals surface area contributed by atoms with E-state index < -0.39 is 11.5 Å². The van der Waals surface area contributed by atoms with Crippen LogP contribution in [0.1, 0.15) is 58.8 Å². The van der Waals surface area contributed by atoms with E-state index in [-0.39, 0.29) is 5.92 Å². The molecular formula is C16H25NO. The lowest BCUT2D eigenvalue weighted by Gasteiger charge is -2.41. The topological polar surface area (TPSA) is 44.0 Å². The molecule has 0 heterocycles. The third-order valence-corrected chi connectivity index (χ3v) is 4.81. The molecule has 100 valence electrons. The van der Waals surface area contributed by atoms with Gasteiger partial charge in [-0.25, -0.2) is 0 Å². The van der Waals surface area contributed by atoms with Crippen molar-refractivity contribution >= 4 is 0 Å². The fraction of sp³-hybridized carbons (Fsp3) is 0.812. The molecule has 0 spiro atoms. The van der Waals surface area contributed by atoms with E-state index in [1.165, 1.54) is 12.0 Å². The van der Waals surface area contributed by atoms with Crippen LogP contribution in [0.4, 0.5) is 0 Å². The van der Waals surface area contributed by atoms with Gasteiger partial charge < -0.3 is 5.11 Å². The number of rotatable bonds is 2. The summed E-state index contributed by atoms with van der Waals surface area (Å²) in [5.74, 6) is 0.820. The summed E-state index contributed by atoms with van der Waals surface area (Å²) < 4.78 is 0. The first-order chi connectivity index (χ1) is 8.57. The highest BCUT2D eigenvalue weighted by Gasteiger charge is 2.43. The van der Waals surface area contributed by atoms with E-state index in [0.29, 0.717) is 5.92 Å². The third kappa shape index (κ3) is 2.62. The van der Waals surface area contributed by atoms with E-state index in [9.17, 15) is 10.4 Å². The zero-order valence-corrected chi connectivity index (χ0v) is 11.7. The van der Waals surface area contributed by atoms with Crippen molar-refractivity contribution in [2.24, 2.45) is 17.3 Å². The molecule has 0 aromatic rings. The van der Waals surface area contributed by atoms with Gasteiger partial charge in [-0.3, -0.25) is 0 Å². The number of nitriles is 1. The summed E-state index contributed by atoms with van der Waals surface area (Å²) in [5, 5.41) is 20.3. The maximum atomic E-state index is 10.7. The Labute approximate surface area is 111 Å². The van der Waals surface area contributed by atoms with E-state index in [4.69, 9.17) is 0 Å². The van der Waals surface area contributed by atoms with Gasteiger partial charge in [-0.15, -0.1) is 0 Å². The Balaban J connectivity index is 2.12. The zero-order chi connectivity index (χ0) is 13.2. The minimum atomic E-state index is -0.458. The summed E-state index contributed by atoms with van der Waals surface area (Å²) in [5.41, 5.74) is 0.918. The summed E-state index contributed by atoms with van der Waals surface area (Å²) in [6.45, 7) is 4.36. The highest BCUT2D eigenvalue weighted by atomic mass is 16.3. The van der Waals surface area contributed by atoms with Gasteiger partial charge in [0.1, 0.15) is 0 Å². The molecule has 1 saturated carbocycles. The van der Waals surface area contributed by atoms with Gasteiger partial charge >= 0.3 is 0 Å². The minimum absolute atomic E-state index is 0.280. The maximum absolute atomic E-state index is 10.7. The largest absolute Gasteiger partial charge is 0.391 e. The van der Waals surface area contributed by atoms with Gasteiger partial charge in [-0.05, 0) is 44.4 Å². The molecule has 3 unspecified atom stereocenters. The molecule has 1 fully saturated rings. The van der Waals surface area contributed by atoms with Gasteiger partial charge in [0, 0.05) is 0 Å². The van der Waals surface area contributed by atoms with Gasteiger partial charge in [0.05, 0.1) is 17.6 Å². The van der Waals surface area contributed by atoms with Crippen LogP contribution in [0.25, 0.3) is 0 Å². The van der Waals surface area contributed by atoms with Gasteiger partial charge in [-0.2, -0.15) is 5.26 Å². The van der Waals surface area contributed by atoms with E-state index in [2.05, 4.69) is 26.0 Å². The molecule has 0 radical (unpaired) electrons. The molecule has 2 heteroatoms. The van der Waals surface area contributed by atoms with Crippen molar-refractivity contribution in [2.45, 2.75) is 64.9 Å². The van der Waals surface area contributed by atoms with E-state index in [1.54, 1.807) is 0 Å². The van der Waals surface area contributed by atoms with Crippen molar-refractivity contribution in [3.8, 4) is 6.07 Å². The van der Waals surface area contributed by atoms with Gasteiger partial charge in [0.15, 0.2) is 0 Å². The lowest BCUT2D eigenvalue weighted by molar-refractivity contribution is -0.0149. The number of aliphatic hydroxyl groups is 1. The normalized spacial score (nSPS) is 33.3. The van der Waals surface area contributed by atoms with Crippen LogP contribution in [-0.2, 0) is 0 Å². The Kier molecular flexibility index (Phi) is 4.12. The van der Waals surface area contributed by atoms with Crippen LogP contribution in [0.3, 0.4) is 0 Å². The molecule has 0 saturated heterocycles. The monoisotopic (exact) mass is 247 g/mol. The smallest absolute Gasteiger partial charge is 0.0835 e. The molecule has 0 amide bonds. The van der Waals surface area contributed by atoms with Crippen LogP contribution in [0, 0.1) is 28.6 Å². The molecule has 0 aliphatic heterocycles. The van der Waals surface area contributed by atoms with Crippen LogP contribution >= 0.6 is 0 Å². The van der Waals surface area contributed by atoms with Crippen LogP contribution in [-0.4, -0.2) is 11.2 Å². The Hall–Kier alpha value is -0.810.